The maximum atomic E-state index is 11.4. The lowest BCUT2D eigenvalue weighted by molar-refractivity contribution is 0.969. The van der Waals surface area contributed by atoms with Gasteiger partial charge in [0, 0.05) is 23.8 Å². The van der Waals surface area contributed by atoms with Crippen LogP contribution in [0.3, 0.4) is 0 Å². The van der Waals surface area contributed by atoms with Gasteiger partial charge in [-0.1, -0.05) is 0 Å². The van der Waals surface area contributed by atoms with Crippen LogP contribution in [0.5, 0.6) is 0 Å². The van der Waals surface area contributed by atoms with E-state index in [-0.39, 0.29) is 5.56 Å². The Morgan fingerprint density at radius 3 is 3.00 bits per heavy atom. The first-order valence-electron chi connectivity index (χ1n) is 3.72. The van der Waals surface area contributed by atoms with Gasteiger partial charge in [-0.2, -0.15) is 0 Å². The Hall–Kier alpha value is -1.42. The molecule has 2 heterocycles. The van der Waals surface area contributed by atoms with Gasteiger partial charge in [0.1, 0.15) is 0 Å². The fraction of sp³-hybridized carbons (Fsp3) is 0. The van der Waals surface area contributed by atoms with E-state index in [1.165, 1.54) is 22.0 Å². The van der Waals surface area contributed by atoms with E-state index < -0.39 is 0 Å². The summed E-state index contributed by atoms with van der Waals surface area (Å²) in [6, 6.07) is 3.27. The van der Waals surface area contributed by atoms with Crippen molar-refractivity contribution >= 4 is 11.3 Å². The summed E-state index contributed by atoms with van der Waals surface area (Å²) in [4.78, 5) is 15.5. The second-order valence-corrected chi connectivity index (χ2v) is 3.43. The van der Waals surface area contributed by atoms with Crippen LogP contribution >= 0.6 is 11.3 Å². The summed E-state index contributed by atoms with van der Waals surface area (Å²) in [5.74, 6) is 0. The summed E-state index contributed by atoms with van der Waals surface area (Å²) < 4.78 is 1.50. The minimum atomic E-state index is -0.0950. The lowest BCUT2D eigenvalue weighted by Crippen LogP contribution is -2.16. The van der Waals surface area contributed by atoms with Gasteiger partial charge < -0.3 is 0 Å². The third kappa shape index (κ3) is 1.53. The minimum Gasteiger partial charge on any atom is -0.269 e. The lowest BCUT2D eigenvalue weighted by Gasteiger charge is -1.99. The van der Waals surface area contributed by atoms with E-state index >= 15 is 0 Å². The molecule has 4 heteroatoms. The van der Waals surface area contributed by atoms with Crippen molar-refractivity contribution in [3.8, 4) is 5.13 Å². The number of hydrogen-bond acceptors (Lipinski definition) is 3. The van der Waals surface area contributed by atoms with Crippen molar-refractivity contribution in [1.29, 1.82) is 0 Å². The predicted octanol–water partition coefficient (Wildman–Crippen LogP) is 1.48. The molecule has 13 heavy (non-hydrogen) atoms. The lowest BCUT2D eigenvalue weighted by atomic mass is 10.3. The van der Waals surface area contributed by atoms with Gasteiger partial charge in [0.25, 0.3) is 5.56 Å². The summed E-state index contributed by atoms with van der Waals surface area (Å²) in [7, 11) is 0. The smallest absolute Gasteiger partial charge is 0.257 e. The first kappa shape index (κ1) is 8.19. The molecule has 0 aliphatic rings. The Morgan fingerprint density at radius 2 is 2.38 bits per heavy atom. The summed E-state index contributed by atoms with van der Waals surface area (Å²) in [5.41, 5.74) is 0.625. The summed E-state index contributed by atoms with van der Waals surface area (Å²) in [6.07, 6.45) is 3.36. The molecule has 1 radical (unpaired) electrons. The van der Waals surface area contributed by atoms with Crippen molar-refractivity contribution < 1.29 is 0 Å². The highest BCUT2D eigenvalue weighted by Gasteiger charge is 2.00. The monoisotopic (exact) mass is 191 g/mol. The van der Waals surface area contributed by atoms with Gasteiger partial charge in [0.15, 0.2) is 5.13 Å². The van der Waals surface area contributed by atoms with E-state index in [2.05, 4.69) is 11.9 Å². The normalized spacial score (nSPS) is 10.2. The topological polar surface area (TPSA) is 34.9 Å². The van der Waals surface area contributed by atoms with Crippen molar-refractivity contribution in [1.82, 2.24) is 9.55 Å². The van der Waals surface area contributed by atoms with E-state index in [4.69, 9.17) is 0 Å². The maximum Gasteiger partial charge on any atom is 0.257 e. The Balaban J connectivity index is 2.60. The highest BCUT2D eigenvalue weighted by molar-refractivity contribution is 7.12. The Bertz CT molecular complexity index is 459. The number of nitrogens with zero attached hydrogens (tertiary/aromatic N) is 2. The first-order valence-corrected chi connectivity index (χ1v) is 4.60. The average molecular weight is 191 g/mol. The van der Waals surface area contributed by atoms with Gasteiger partial charge in [-0.25, -0.2) is 4.98 Å². The molecule has 0 atom stereocenters. The molecule has 0 N–H and O–H groups in total. The van der Waals surface area contributed by atoms with Crippen LogP contribution in [0.2, 0.25) is 0 Å². The molecule has 3 nitrogen and oxygen atoms in total. The van der Waals surface area contributed by atoms with E-state index in [0.717, 1.165) is 5.56 Å². The second kappa shape index (κ2) is 3.14. The van der Waals surface area contributed by atoms with E-state index in [9.17, 15) is 4.79 Å². The molecular formula is C9H7N2OS. The van der Waals surface area contributed by atoms with Crippen LogP contribution in [0.15, 0.2) is 34.7 Å². The average Bonchev–Trinajstić information content (AvgIpc) is 2.56. The third-order valence-corrected chi connectivity index (χ3v) is 2.38. The van der Waals surface area contributed by atoms with Gasteiger partial charge in [-0.3, -0.25) is 9.36 Å². The molecule has 0 unspecified atom stereocenters. The zero-order valence-electron chi connectivity index (χ0n) is 6.80. The number of hydrogen-bond donors (Lipinski definition) is 0. The molecule has 0 bridgehead atoms. The molecule has 2 aromatic heterocycles. The van der Waals surface area contributed by atoms with Gasteiger partial charge in [0.2, 0.25) is 0 Å². The maximum absolute atomic E-state index is 11.4. The molecule has 0 aliphatic heterocycles. The molecule has 0 aromatic carbocycles. The highest BCUT2D eigenvalue weighted by Crippen LogP contribution is 2.07. The number of pyridine rings is 1. The van der Waals surface area contributed by atoms with Gasteiger partial charge in [-0.15, -0.1) is 11.3 Å². The van der Waals surface area contributed by atoms with Gasteiger partial charge in [-0.05, 0) is 18.6 Å². The molecule has 0 fully saturated rings. The van der Waals surface area contributed by atoms with Crippen LogP contribution in [-0.4, -0.2) is 9.55 Å². The Morgan fingerprint density at radius 1 is 1.54 bits per heavy atom. The molecule has 2 rings (SSSR count). The van der Waals surface area contributed by atoms with Crippen molar-refractivity contribution in [3.05, 3.63) is 52.7 Å². The fourth-order valence-electron chi connectivity index (χ4n) is 1.01. The van der Waals surface area contributed by atoms with Crippen molar-refractivity contribution in [2.24, 2.45) is 0 Å². The third-order valence-electron chi connectivity index (χ3n) is 1.61. The number of rotatable bonds is 1. The summed E-state index contributed by atoms with van der Waals surface area (Å²) in [5, 5.41) is 2.52. The molecule has 0 aliphatic carbocycles. The van der Waals surface area contributed by atoms with E-state index in [0.29, 0.717) is 5.13 Å². The quantitative estimate of drug-likeness (QED) is 0.684. The van der Waals surface area contributed by atoms with Gasteiger partial charge in [0.05, 0.1) is 0 Å². The molecule has 65 valence electrons. The van der Waals surface area contributed by atoms with Gasteiger partial charge >= 0.3 is 0 Å². The second-order valence-electron chi connectivity index (χ2n) is 2.56. The zero-order chi connectivity index (χ0) is 9.26. The Kier molecular flexibility index (Phi) is 1.98. The molecule has 0 saturated carbocycles. The van der Waals surface area contributed by atoms with Crippen molar-refractivity contribution in [2.45, 2.75) is 0 Å². The largest absolute Gasteiger partial charge is 0.269 e. The van der Waals surface area contributed by atoms with Crippen LogP contribution in [0.25, 0.3) is 5.13 Å². The van der Waals surface area contributed by atoms with Crippen molar-refractivity contribution in [3.63, 3.8) is 0 Å². The predicted molar refractivity (Wildman–Crippen MR) is 52.2 cm³/mol. The minimum absolute atomic E-state index is 0.0950. The van der Waals surface area contributed by atoms with Crippen LogP contribution in [0, 0.1) is 6.92 Å². The standard InChI is InChI=1S/C9H7N2OS/c1-7-2-4-11(8(12)6-7)9-10-3-5-13-9/h2-6H,1H2. The zero-order valence-corrected chi connectivity index (χ0v) is 7.62. The molecule has 0 saturated heterocycles. The molecule has 0 amide bonds. The van der Waals surface area contributed by atoms with Crippen LogP contribution in [0.4, 0.5) is 0 Å². The first-order chi connectivity index (χ1) is 6.27. The van der Waals surface area contributed by atoms with E-state index in [1.807, 2.05) is 5.38 Å². The molecule has 0 spiro atoms. The highest BCUT2D eigenvalue weighted by atomic mass is 32.1. The van der Waals surface area contributed by atoms with E-state index in [1.54, 1.807) is 18.5 Å². The SMILES string of the molecule is [CH2]c1ccn(-c2nccs2)c(=O)c1. The number of aromatic nitrogens is 2. The summed E-state index contributed by atoms with van der Waals surface area (Å²) in [6.45, 7) is 3.67. The van der Waals surface area contributed by atoms with Crippen LogP contribution in [0.1, 0.15) is 5.56 Å². The number of thiazole rings is 1. The van der Waals surface area contributed by atoms with Crippen LogP contribution < -0.4 is 5.56 Å². The Labute approximate surface area is 79.3 Å². The molecule has 2 aromatic rings. The van der Waals surface area contributed by atoms with Crippen LogP contribution in [-0.2, 0) is 0 Å². The summed E-state index contributed by atoms with van der Waals surface area (Å²) >= 11 is 1.43. The van der Waals surface area contributed by atoms with Crippen molar-refractivity contribution in [2.75, 3.05) is 0 Å². The fourth-order valence-corrected chi connectivity index (χ4v) is 1.64. The molecular weight excluding hydrogens is 184 g/mol.